The van der Waals surface area contributed by atoms with Gasteiger partial charge in [0.2, 0.25) is 15.8 Å². The Labute approximate surface area is 140 Å². The lowest BCUT2D eigenvalue weighted by molar-refractivity contribution is -0.159. The molecule has 2 aromatic rings. The molecule has 130 valence electrons. The van der Waals surface area contributed by atoms with E-state index in [1.54, 1.807) is 0 Å². The van der Waals surface area contributed by atoms with Gasteiger partial charge in [0.25, 0.3) is 0 Å². The number of aromatic nitrogens is 2. The Kier molecular flexibility index (Phi) is 4.30. The Morgan fingerprint density at radius 2 is 2.08 bits per heavy atom. The summed E-state index contributed by atoms with van der Waals surface area (Å²) in [6, 6.07) is 4.38. The van der Waals surface area contributed by atoms with Crippen molar-refractivity contribution in [3.05, 3.63) is 34.7 Å². The van der Waals surface area contributed by atoms with E-state index in [1.807, 2.05) is 0 Å². The Morgan fingerprint density at radius 1 is 1.33 bits per heavy atom. The number of hydrogen-bond donors (Lipinski definition) is 0. The van der Waals surface area contributed by atoms with Gasteiger partial charge >= 0.3 is 12.1 Å². The topological polar surface area (TPSA) is 76.3 Å². The van der Waals surface area contributed by atoms with Crippen LogP contribution in [-0.4, -0.2) is 35.2 Å². The van der Waals surface area contributed by atoms with Gasteiger partial charge in [0.15, 0.2) is 0 Å². The number of benzene rings is 1. The van der Waals surface area contributed by atoms with Crippen molar-refractivity contribution in [1.29, 1.82) is 0 Å². The van der Waals surface area contributed by atoms with Crippen LogP contribution in [0.5, 0.6) is 0 Å². The minimum Gasteiger partial charge on any atom is -0.329 e. The first-order valence-electron chi connectivity index (χ1n) is 6.84. The van der Waals surface area contributed by atoms with Gasteiger partial charge in [0.1, 0.15) is 0 Å². The molecule has 11 heteroatoms. The standard InChI is InChI=1S/C13H11ClF3N3O3S/c14-10-6-8(11-18-12(23-19-11)13(15,16)17)2-3-9(10)7-20-4-1-5-24(20,21)22/h2-3,6H,1,4-5,7H2. The molecule has 1 aliphatic heterocycles. The minimum absolute atomic E-state index is 0.103. The third-order valence-electron chi connectivity index (χ3n) is 3.53. The monoisotopic (exact) mass is 381 g/mol. The molecule has 2 heterocycles. The first-order chi connectivity index (χ1) is 11.2. The van der Waals surface area contributed by atoms with E-state index in [0.29, 0.717) is 18.5 Å². The normalized spacial score (nSPS) is 18.2. The van der Waals surface area contributed by atoms with Crippen LogP contribution in [0.2, 0.25) is 5.02 Å². The molecule has 1 aliphatic rings. The van der Waals surface area contributed by atoms with Crippen LogP contribution in [0.25, 0.3) is 11.4 Å². The van der Waals surface area contributed by atoms with Crippen LogP contribution in [0.4, 0.5) is 13.2 Å². The summed E-state index contributed by atoms with van der Waals surface area (Å²) in [5, 5.41) is 3.49. The van der Waals surface area contributed by atoms with Gasteiger partial charge in [-0.2, -0.15) is 22.5 Å². The first-order valence-corrected chi connectivity index (χ1v) is 8.83. The van der Waals surface area contributed by atoms with Gasteiger partial charge in [0.05, 0.1) is 5.75 Å². The van der Waals surface area contributed by atoms with E-state index in [1.165, 1.54) is 22.5 Å². The van der Waals surface area contributed by atoms with Crippen molar-refractivity contribution in [3.63, 3.8) is 0 Å². The van der Waals surface area contributed by atoms with E-state index in [2.05, 4.69) is 14.7 Å². The molecule has 1 aromatic heterocycles. The highest BCUT2D eigenvalue weighted by atomic mass is 35.5. The van der Waals surface area contributed by atoms with Crippen LogP contribution in [0.3, 0.4) is 0 Å². The third kappa shape index (κ3) is 3.40. The Hall–Kier alpha value is -1.65. The molecule has 0 amide bonds. The van der Waals surface area contributed by atoms with Crippen LogP contribution in [0.15, 0.2) is 22.7 Å². The maximum absolute atomic E-state index is 12.5. The van der Waals surface area contributed by atoms with Gasteiger partial charge in [-0.15, -0.1) is 0 Å². The van der Waals surface area contributed by atoms with Gasteiger partial charge in [-0.1, -0.05) is 28.9 Å². The van der Waals surface area contributed by atoms with Crippen molar-refractivity contribution in [2.75, 3.05) is 12.3 Å². The summed E-state index contributed by atoms with van der Waals surface area (Å²) in [4.78, 5) is 3.28. The highest BCUT2D eigenvalue weighted by molar-refractivity contribution is 7.89. The van der Waals surface area contributed by atoms with Crippen molar-refractivity contribution < 1.29 is 26.1 Å². The lowest BCUT2D eigenvalue weighted by atomic mass is 10.1. The first kappa shape index (κ1) is 17.2. The van der Waals surface area contributed by atoms with E-state index in [0.717, 1.165) is 0 Å². The van der Waals surface area contributed by atoms with E-state index < -0.39 is 22.1 Å². The van der Waals surface area contributed by atoms with E-state index in [4.69, 9.17) is 11.6 Å². The van der Waals surface area contributed by atoms with Crippen molar-refractivity contribution >= 4 is 21.6 Å². The quantitative estimate of drug-likeness (QED) is 0.817. The summed E-state index contributed by atoms with van der Waals surface area (Å²) in [5.41, 5.74) is 0.790. The summed E-state index contributed by atoms with van der Waals surface area (Å²) in [6.45, 7) is 0.529. The molecule has 1 aromatic carbocycles. The largest absolute Gasteiger partial charge is 0.471 e. The smallest absolute Gasteiger partial charge is 0.329 e. The van der Waals surface area contributed by atoms with Crippen molar-refractivity contribution in [1.82, 2.24) is 14.4 Å². The summed E-state index contributed by atoms with van der Waals surface area (Å²) in [5.74, 6) is -1.59. The number of nitrogens with zero attached hydrogens (tertiary/aromatic N) is 3. The van der Waals surface area contributed by atoms with Crippen LogP contribution in [-0.2, 0) is 22.7 Å². The summed E-state index contributed by atoms with van der Waals surface area (Å²) < 4.78 is 66.5. The fourth-order valence-corrected chi connectivity index (χ4v) is 4.06. The van der Waals surface area contributed by atoms with Crippen LogP contribution >= 0.6 is 11.6 Å². The molecule has 0 aliphatic carbocycles. The number of hydrogen-bond acceptors (Lipinski definition) is 5. The van der Waals surface area contributed by atoms with Gasteiger partial charge in [-0.3, -0.25) is 0 Å². The van der Waals surface area contributed by atoms with Gasteiger partial charge < -0.3 is 4.52 Å². The van der Waals surface area contributed by atoms with E-state index in [9.17, 15) is 21.6 Å². The molecule has 3 rings (SSSR count). The molecule has 1 fully saturated rings. The summed E-state index contributed by atoms with van der Waals surface area (Å²) in [7, 11) is -3.27. The molecule has 6 nitrogen and oxygen atoms in total. The molecule has 1 saturated heterocycles. The van der Waals surface area contributed by atoms with Gasteiger partial charge in [-0.05, 0) is 18.1 Å². The third-order valence-corrected chi connectivity index (χ3v) is 5.78. The zero-order chi connectivity index (χ0) is 17.5. The molecule has 0 unspecified atom stereocenters. The second-order valence-electron chi connectivity index (χ2n) is 5.23. The number of halogens is 4. The summed E-state index contributed by atoms with van der Waals surface area (Å²) in [6.07, 6.45) is -4.17. The predicted molar refractivity (Wildman–Crippen MR) is 78.6 cm³/mol. The maximum atomic E-state index is 12.5. The second kappa shape index (κ2) is 6.01. The predicted octanol–water partition coefficient (Wildman–Crippen LogP) is 2.94. The molecule has 0 spiro atoms. The minimum atomic E-state index is -4.72. The van der Waals surface area contributed by atoms with E-state index in [-0.39, 0.29) is 28.7 Å². The molecule has 24 heavy (non-hydrogen) atoms. The van der Waals surface area contributed by atoms with Gasteiger partial charge in [0, 0.05) is 23.7 Å². The number of alkyl halides is 3. The SMILES string of the molecule is O=S1(=O)CCCN1Cc1ccc(-c2noc(C(F)(F)F)n2)cc1Cl. The number of sulfonamides is 1. The Balaban J connectivity index is 1.84. The van der Waals surface area contributed by atoms with Crippen LogP contribution in [0.1, 0.15) is 17.9 Å². The van der Waals surface area contributed by atoms with Gasteiger partial charge in [-0.25, -0.2) is 8.42 Å². The highest BCUT2D eigenvalue weighted by Gasteiger charge is 2.38. The molecular formula is C13H11ClF3N3O3S. The van der Waals surface area contributed by atoms with Crippen molar-refractivity contribution in [2.24, 2.45) is 0 Å². The zero-order valence-electron chi connectivity index (χ0n) is 12.0. The lowest BCUT2D eigenvalue weighted by Crippen LogP contribution is -2.25. The second-order valence-corrected chi connectivity index (χ2v) is 7.73. The molecular weight excluding hydrogens is 371 g/mol. The summed E-state index contributed by atoms with van der Waals surface area (Å²) >= 11 is 6.12. The Morgan fingerprint density at radius 3 is 2.62 bits per heavy atom. The maximum Gasteiger partial charge on any atom is 0.471 e. The number of rotatable bonds is 3. The van der Waals surface area contributed by atoms with Crippen molar-refractivity contribution in [2.45, 2.75) is 19.1 Å². The van der Waals surface area contributed by atoms with Crippen molar-refractivity contribution in [3.8, 4) is 11.4 Å². The Bertz CT molecular complexity index is 867. The zero-order valence-corrected chi connectivity index (χ0v) is 13.6. The fourth-order valence-electron chi connectivity index (χ4n) is 2.33. The van der Waals surface area contributed by atoms with Crippen LogP contribution in [0, 0.1) is 0 Å². The van der Waals surface area contributed by atoms with E-state index >= 15 is 0 Å². The fraction of sp³-hybridized carbons (Fsp3) is 0.385. The lowest BCUT2D eigenvalue weighted by Gasteiger charge is -2.15. The molecule has 0 atom stereocenters. The highest BCUT2D eigenvalue weighted by Crippen LogP contribution is 2.31. The molecule has 0 radical (unpaired) electrons. The van der Waals surface area contributed by atoms with Crippen LogP contribution < -0.4 is 0 Å². The molecule has 0 bridgehead atoms. The molecule has 0 saturated carbocycles. The molecule has 0 N–H and O–H groups in total. The average molecular weight is 382 g/mol. The average Bonchev–Trinajstić information content (AvgIpc) is 3.08.